The maximum absolute atomic E-state index is 4.59. The van der Waals surface area contributed by atoms with Crippen molar-refractivity contribution < 1.29 is 0 Å². The number of likely N-dealkylation sites (tertiary alicyclic amines) is 1. The fourth-order valence-electron chi connectivity index (χ4n) is 3.19. The Balaban J connectivity index is 1.84. The summed E-state index contributed by atoms with van der Waals surface area (Å²) in [7, 11) is 0. The lowest BCUT2D eigenvalue weighted by molar-refractivity contribution is 0.129. The molecule has 1 saturated heterocycles. The molecule has 1 saturated carbocycles. The van der Waals surface area contributed by atoms with Crippen molar-refractivity contribution in [2.45, 2.75) is 45.4 Å². The number of thiol groups is 1. The molecule has 0 amide bonds. The number of nitrogens with zero attached hydrogens (tertiary/aromatic N) is 1. The minimum Gasteiger partial charge on any atom is -0.303 e. The van der Waals surface area contributed by atoms with Gasteiger partial charge in [0.05, 0.1) is 0 Å². The van der Waals surface area contributed by atoms with Gasteiger partial charge in [-0.2, -0.15) is 12.6 Å². The van der Waals surface area contributed by atoms with Gasteiger partial charge in [-0.25, -0.2) is 0 Å². The van der Waals surface area contributed by atoms with Crippen LogP contribution in [0.25, 0.3) is 0 Å². The number of piperidine rings is 1. The first-order valence-corrected chi connectivity index (χ1v) is 7.21. The van der Waals surface area contributed by atoms with Crippen LogP contribution in [0.3, 0.4) is 0 Å². The van der Waals surface area contributed by atoms with Crippen molar-refractivity contribution in [1.29, 1.82) is 0 Å². The maximum Gasteiger partial charge on any atom is 0.00458 e. The quantitative estimate of drug-likeness (QED) is 0.725. The average Bonchev–Trinajstić information content (AvgIpc) is 2.71. The molecule has 0 spiro atoms. The predicted octanol–water partition coefficient (Wildman–Crippen LogP) is 3.21. The largest absolute Gasteiger partial charge is 0.303 e. The van der Waals surface area contributed by atoms with E-state index >= 15 is 0 Å². The van der Waals surface area contributed by atoms with Crippen molar-refractivity contribution in [3.8, 4) is 0 Å². The van der Waals surface area contributed by atoms with Crippen molar-refractivity contribution in [2.75, 3.05) is 25.4 Å². The van der Waals surface area contributed by atoms with Crippen molar-refractivity contribution >= 4 is 12.6 Å². The van der Waals surface area contributed by atoms with Crippen molar-refractivity contribution in [1.82, 2.24) is 4.90 Å². The van der Waals surface area contributed by atoms with Gasteiger partial charge < -0.3 is 4.90 Å². The van der Waals surface area contributed by atoms with Crippen molar-refractivity contribution in [3.63, 3.8) is 0 Å². The van der Waals surface area contributed by atoms with Crippen LogP contribution in [-0.2, 0) is 0 Å². The summed E-state index contributed by atoms with van der Waals surface area (Å²) in [5.41, 5.74) is 0.573. The summed E-state index contributed by atoms with van der Waals surface area (Å²) in [5, 5.41) is 0. The monoisotopic (exact) mass is 227 g/mol. The maximum atomic E-state index is 4.59. The lowest BCUT2D eigenvalue weighted by Crippen LogP contribution is -2.41. The van der Waals surface area contributed by atoms with Gasteiger partial charge in [0.25, 0.3) is 0 Å². The fraction of sp³-hybridized carbons (Fsp3) is 1.00. The molecule has 0 aromatic rings. The summed E-state index contributed by atoms with van der Waals surface area (Å²) >= 11 is 4.59. The van der Waals surface area contributed by atoms with Crippen molar-refractivity contribution in [3.05, 3.63) is 0 Å². The van der Waals surface area contributed by atoms with Gasteiger partial charge in [-0.1, -0.05) is 19.8 Å². The van der Waals surface area contributed by atoms with E-state index in [0.717, 1.165) is 11.7 Å². The molecule has 0 bridgehead atoms. The van der Waals surface area contributed by atoms with Crippen molar-refractivity contribution in [2.24, 2.45) is 11.3 Å². The van der Waals surface area contributed by atoms with Crippen LogP contribution in [-0.4, -0.2) is 30.3 Å². The normalized spacial score (nSPS) is 28.4. The molecule has 15 heavy (non-hydrogen) atoms. The molecule has 1 nitrogen and oxygen atoms in total. The first-order chi connectivity index (χ1) is 7.24. The van der Waals surface area contributed by atoms with Gasteiger partial charge >= 0.3 is 0 Å². The van der Waals surface area contributed by atoms with Gasteiger partial charge in [0.2, 0.25) is 0 Å². The second-order valence-corrected chi connectivity index (χ2v) is 6.14. The van der Waals surface area contributed by atoms with E-state index in [4.69, 9.17) is 0 Å². The number of hydrogen-bond donors (Lipinski definition) is 1. The van der Waals surface area contributed by atoms with Crippen LogP contribution in [0.5, 0.6) is 0 Å². The van der Waals surface area contributed by atoms with E-state index in [9.17, 15) is 0 Å². The summed E-state index contributed by atoms with van der Waals surface area (Å²) in [6.45, 7) is 6.37. The molecule has 0 N–H and O–H groups in total. The van der Waals surface area contributed by atoms with Gasteiger partial charge in [0.15, 0.2) is 0 Å². The van der Waals surface area contributed by atoms with Crippen LogP contribution < -0.4 is 0 Å². The first kappa shape index (κ1) is 11.8. The summed E-state index contributed by atoms with van der Waals surface area (Å²) in [6, 6.07) is 0. The minimum absolute atomic E-state index is 0.573. The SMILES string of the molecule is CC1CCN(CC2(CS)CCCC2)CC1. The van der Waals surface area contributed by atoms with Crippen LogP contribution in [0, 0.1) is 11.3 Å². The highest BCUT2D eigenvalue weighted by atomic mass is 32.1. The van der Waals surface area contributed by atoms with Crippen LogP contribution in [0.15, 0.2) is 0 Å². The number of rotatable bonds is 3. The Labute approximate surface area is 100 Å². The Morgan fingerprint density at radius 1 is 1.20 bits per heavy atom. The molecule has 1 heterocycles. The topological polar surface area (TPSA) is 3.24 Å². The molecular formula is C13H25NS. The van der Waals surface area contributed by atoms with Gasteiger partial charge in [-0.15, -0.1) is 0 Å². The standard InChI is InChI=1S/C13H25NS/c1-12-4-8-14(9-5-12)10-13(11-15)6-2-3-7-13/h12,15H,2-11H2,1H3. The minimum atomic E-state index is 0.573. The summed E-state index contributed by atoms with van der Waals surface area (Å²) in [5.74, 6) is 2.05. The Morgan fingerprint density at radius 2 is 1.80 bits per heavy atom. The van der Waals surface area contributed by atoms with E-state index in [-0.39, 0.29) is 0 Å². The highest BCUT2D eigenvalue weighted by molar-refractivity contribution is 7.80. The molecule has 0 aromatic heterocycles. The summed E-state index contributed by atoms with van der Waals surface area (Å²) in [4.78, 5) is 2.70. The molecule has 88 valence electrons. The van der Waals surface area contributed by atoms with Gasteiger partial charge in [-0.3, -0.25) is 0 Å². The highest BCUT2D eigenvalue weighted by Crippen LogP contribution is 2.40. The third kappa shape index (κ3) is 2.91. The molecule has 2 rings (SSSR count). The first-order valence-electron chi connectivity index (χ1n) is 6.57. The summed E-state index contributed by atoms with van der Waals surface area (Å²) < 4.78 is 0. The summed E-state index contributed by atoms with van der Waals surface area (Å²) in [6.07, 6.45) is 8.52. The predicted molar refractivity (Wildman–Crippen MR) is 69.6 cm³/mol. The Kier molecular flexibility index (Phi) is 4.00. The lowest BCUT2D eigenvalue weighted by Gasteiger charge is -2.37. The van der Waals surface area contributed by atoms with Gasteiger partial charge in [-0.05, 0) is 55.9 Å². The molecule has 0 radical (unpaired) electrons. The van der Waals surface area contributed by atoms with Crippen LogP contribution >= 0.6 is 12.6 Å². The van der Waals surface area contributed by atoms with Crippen LogP contribution in [0.4, 0.5) is 0 Å². The molecule has 1 aliphatic heterocycles. The Bertz CT molecular complexity index is 191. The molecule has 2 aliphatic rings. The van der Waals surface area contributed by atoms with E-state index in [1.165, 1.54) is 58.2 Å². The Hall–Kier alpha value is 0.310. The zero-order valence-electron chi connectivity index (χ0n) is 10.0. The molecule has 2 heteroatoms. The highest BCUT2D eigenvalue weighted by Gasteiger charge is 2.34. The van der Waals surface area contributed by atoms with Crippen LogP contribution in [0.2, 0.25) is 0 Å². The molecule has 2 fully saturated rings. The van der Waals surface area contributed by atoms with E-state index in [2.05, 4.69) is 24.5 Å². The second kappa shape index (κ2) is 5.09. The smallest absolute Gasteiger partial charge is 0.00458 e. The molecule has 0 unspecified atom stereocenters. The molecule has 0 atom stereocenters. The molecule has 0 aromatic carbocycles. The average molecular weight is 227 g/mol. The van der Waals surface area contributed by atoms with E-state index in [1.54, 1.807) is 0 Å². The fourth-order valence-corrected chi connectivity index (χ4v) is 3.60. The third-order valence-electron chi connectivity index (χ3n) is 4.43. The number of hydrogen-bond acceptors (Lipinski definition) is 2. The van der Waals surface area contributed by atoms with Crippen LogP contribution in [0.1, 0.15) is 45.4 Å². The molecule has 1 aliphatic carbocycles. The molecular weight excluding hydrogens is 202 g/mol. The second-order valence-electron chi connectivity index (χ2n) is 5.82. The zero-order valence-corrected chi connectivity index (χ0v) is 10.9. The lowest BCUT2D eigenvalue weighted by atomic mass is 9.86. The Morgan fingerprint density at radius 3 is 2.33 bits per heavy atom. The van der Waals surface area contributed by atoms with E-state index in [1.807, 2.05) is 0 Å². The zero-order chi connectivity index (χ0) is 10.7. The van der Waals surface area contributed by atoms with Gasteiger partial charge in [0.1, 0.15) is 0 Å². The van der Waals surface area contributed by atoms with Gasteiger partial charge in [0, 0.05) is 6.54 Å². The van der Waals surface area contributed by atoms with E-state index in [0.29, 0.717) is 5.41 Å². The van der Waals surface area contributed by atoms with E-state index < -0.39 is 0 Å². The third-order valence-corrected chi connectivity index (χ3v) is 5.11.